The van der Waals surface area contributed by atoms with Gasteiger partial charge in [0, 0.05) is 31.1 Å². The summed E-state index contributed by atoms with van der Waals surface area (Å²) in [5.41, 5.74) is 2.14. The van der Waals surface area contributed by atoms with Gasteiger partial charge in [-0.1, -0.05) is 30.3 Å². The Morgan fingerprint density at radius 1 is 1.16 bits per heavy atom. The number of carbonyl (C=O) groups excluding carboxylic acids is 3. The maximum absolute atomic E-state index is 13.8. The van der Waals surface area contributed by atoms with Gasteiger partial charge in [-0.2, -0.15) is 0 Å². The molecule has 5 rings (SSSR count). The van der Waals surface area contributed by atoms with Crippen LogP contribution in [0, 0.1) is 0 Å². The largest absolute Gasteiger partial charge is 0.383 e. The van der Waals surface area contributed by atoms with E-state index in [2.05, 4.69) is 10.3 Å². The van der Waals surface area contributed by atoms with Gasteiger partial charge in [0.1, 0.15) is 0 Å². The molecule has 0 spiro atoms. The molecule has 8 nitrogen and oxygen atoms in total. The standard InChI is InChI=1S/C24H24N4O4/c1-24-20-16(15-7-3-5-9-18(15)26-20)11-13-27(24)23(31)28(22(24)30)19-10-6-4-8-17(19)21(29)25-12-14-32-2/h3-10,26H,11-14H2,1-2H3,(H,25,29)/t24-/m0/s1. The Labute approximate surface area is 185 Å². The lowest BCUT2D eigenvalue weighted by atomic mass is 9.87. The van der Waals surface area contributed by atoms with Gasteiger partial charge in [0.25, 0.3) is 11.8 Å². The molecule has 0 saturated carbocycles. The fourth-order valence-corrected chi connectivity index (χ4v) is 4.83. The quantitative estimate of drug-likeness (QED) is 0.479. The van der Waals surface area contributed by atoms with Crippen LogP contribution in [0.25, 0.3) is 10.9 Å². The van der Waals surface area contributed by atoms with E-state index < -0.39 is 11.6 Å². The average Bonchev–Trinajstić information content (AvgIpc) is 3.28. The van der Waals surface area contributed by atoms with Gasteiger partial charge in [-0.05, 0) is 37.1 Å². The predicted molar refractivity (Wildman–Crippen MR) is 120 cm³/mol. The number of ether oxygens (including phenoxy) is 1. The van der Waals surface area contributed by atoms with Crippen molar-refractivity contribution in [3.05, 3.63) is 65.4 Å². The number of para-hydroxylation sites is 2. The van der Waals surface area contributed by atoms with E-state index in [1.807, 2.05) is 24.3 Å². The number of imide groups is 1. The van der Waals surface area contributed by atoms with Crippen LogP contribution in [0.1, 0.15) is 28.5 Å². The summed E-state index contributed by atoms with van der Waals surface area (Å²) < 4.78 is 4.98. The molecule has 1 fully saturated rings. The number of hydrogen-bond acceptors (Lipinski definition) is 4. The lowest BCUT2D eigenvalue weighted by Crippen LogP contribution is -2.49. The average molecular weight is 432 g/mol. The predicted octanol–water partition coefficient (Wildman–Crippen LogP) is 2.78. The molecule has 2 aliphatic rings. The first kappa shape index (κ1) is 20.3. The number of aromatic nitrogens is 1. The molecule has 0 unspecified atom stereocenters. The smallest absolute Gasteiger partial charge is 0.332 e. The first-order valence-electron chi connectivity index (χ1n) is 10.6. The number of amides is 4. The number of nitrogens with zero attached hydrogens (tertiary/aromatic N) is 2. The molecule has 2 aromatic carbocycles. The molecule has 2 aliphatic heterocycles. The third-order valence-electron chi connectivity index (χ3n) is 6.45. The Morgan fingerprint density at radius 2 is 1.91 bits per heavy atom. The van der Waals surface area contributed by atoms with Crippen molar-refractivity contribution in [2.75, 3.05) is 31.7 Å². The molecule has 1 aromatic heterocycles. The molecule has 0 radical (unpaired) electrons. The summed E-state index contributed by atoms with van der Waals surface area (Å²) in [6.45, 7) is 2.90. The molecule has 8 heteroatoms. The Bertz CT molecular complexity index is 1250. The number of anilines is 1. The fourth-order valence-electron chi connectivity index (χ4n) is 4.83. The van der Waals surface area contributed by atoms with Crippen LogP contribution >= 0.6 is 0 Å². The normalized spacial score (nSPS) is 19.9. The highest BCUT2D eigenvalue weighted by atomic mass is 16.5. The lowest BCUT2D eigenvalue weighted by Gasteiger charge is -2.35. The van der Waals surface area contributed by atoms with Crippen LogP contribution in [0.3, 0.4) is 0 Å². The van der Waals surface area contributed by atoms with Gasteiger partial charge >= 0.3 is 6.03 Å². The zero-order valence-corrected chi connectivity index (χ0v) is 18.0. The maximum atomic E-state index is 13.8. The molecule has 32 heavy (non-hydrogen) atoms. The fraction of sp³-hybridized carbons (Fsp3) is 0.292. The zero-order chi connectivity index (χ0) is 22.5. The minimum atomic E-state index is -1.16. The summed E-state index contributed by atoms with van der Waals surface area (Å²) in [6.07, 6.45) is 0.654. The number of benzene rings is 2. The Balaban J connectivity index is 1.58. The van der Waals surface area contributed by atoms with Crippen molar-refractivity contribution in [1.29, 1.82) is 0 Å². The van der Waals surface area contributed by atoms with Gasteiger partial charge in [0.05, 0.1) is 23.6 Å². The highest BCUT2D eigenvalue weighted by Crippen LogP contribution is 2.45. The van der Waals surface area contributed by atoms with Crippen LogP contribution in [0.2, 0.25) is 0 Å². The van der Waals surface area contributed by atoms with E-state index in [4.69, 9.17) is 4.74 Å². The van der Waals surface area contributed by atoms with Crippen molar-refractivity contribution >= 4 is 34.4 Å². The van der Waals surface area contributed by atoms with E-state index in [0.717, 1.165) is 27.1 Å². The summed E-state index contributed by atoms with van der Waals surface area (Å²) in [5.74, 6) is -0.730. The topological polar surface area (TPSA) is 94.7 Å². The molecule has 1 saturated heterocycles. The number of aromatic amines is 1. The first-order valence-corrected chi connectivity index (χ1v) is 10.6. The van der Waals surface area contributed by atoms with Gasteiger partial charge in [-0.15, -0.1) is 0 Å². The highest BCUT2D eigenvalue weighted by Gasteiger charge is 2.59. The van der Waals surface area contributed by atoms with Crippen LogP contribution in [0.5, 0.6) is 0 Å². The van der Waals surface area contributed by atoms with Crippen LogP contribution in [0.15, 0.2) is 48.5 Å². The zero-order valence-electron chi connectivity index (χ0n) is 18.0. The Hall–Kier alpha value is -3.65. The summed E-state index contributed by atoms with van der Waals surface area (Å²) in [5, 5.41) is 3.84. The molecule has 4 amide bonds. The van der Waals surface area contributed by atoms with Crippen LogP contribution in [0.4, 0.5) is 10.5 Å². The third-order valence-corrected chi connectivity index (χ3v) is 6.45. The molecule has 3 heterocycles. The number of methoxy groups -OCH3 is 1. The number of fused-ring (bicyclic) bond motifs is 5. The molecular weight excluding hydrogens is 408 g/mol. The molecule has 3 aromatic rings. The SMILES string of the molecule is COCCNC(=O)c1ccccc1N1C(=O)N2CCc3c([nH]c4ccccc34)[C@@]2(C)C1=O. The number of carbonyl (C=O) groups is 3. The summed E-state index contributed by atoms with van der Waals surface area (Å²) >= 11 is 0. The van der Waals surface area contributed by atoms with Crippen molar-refractivity contribution in [3.8, 4) is 0 Å². The van der Waals surface area contributed by atoms with E-state index in [-0.39, 0.29) is 23.1 Å². The van der Waals surface area contributed by atoms with E-state index in [9.17, 15) is 14.4 Å². The van der Waals surface area contributed by atoms with Crippen LogP contribution in [-0.2, 0) is 21.5 Å². The molecule has 2 N–H and O–H groups in total. The monoisotopic (exact) mass is 432 g/mol. The van der Waals surface area contributed by atoms with E-state index in [1.165, 1.54) is 0 Å². The van der Waals surface area contributed by atoms with Gasteiger partial charge in [0.15, 0.2) is 5.54 Å². The second-order valence-electron chi connectivity index (χ2n) is 8.19. The van der Waals surface area contributed by atoms with Gasteiger partial charge in [0.2, 0.25) is 0 Å². The van der Waals surface area contributed by atoms with E-state index >= 15 is 0 Å². The number of hydrogen-bond donors (Lipinski definition) is 2. The second-order valence-corrected chi connectivity index (χ2v) is 8.19. The number of nitrogens with one attached hydrogen (secondary N) is 2. The van der Waals surface area contributed by atoms with Crippen molar-refractivity contribution in [1.82, 2.24) is 15.2 Å². The van der Waals surface area contributed by atoms with Crippen molar-refractivity contribution in [2.45, 2.75) is 18.9 Å². The van der Waals surface area contributed by atoms with Crippen molar-refractivity contribution in [2.24, 2.45) is 0 Å². The highest BCUT2D eigenvalue weighted by molar-refractivity contribution is 6.25. The van der Waals surface area contributed by atoms with Crippen molar-refractivity contribution in [3.63, 3.8) is 0 Å². The molecular formula is C24H24N4O4. The Morgan fingerprint density at radius 3 is 2.72 bits per heavy atom. The molecule has 1 atom stereocenters. The van der Waals surface area contributed by atoms with Crippen LogP contribution in [-0.4, -0.2) is 54.5 Å². The maximum Gasteiger partial charge on any atom is 0.332 e. The molecule has 0 aliphatic carbocycles. The van der Waals surface area contributed by atoms with E-state index in [0.29, 0.717) is 26.1 Å². The second kappa shape index (κ2) is 7.49. The van der Waals surface area contributed by atoms with Crippen molar-refractivity contribution < 1.29 is 19.1 Å². The van der Waals surface area contributed by atoms with E-state index in [1.54, 1.807) is 43.2 Å². The molecule has 0 bridgehead atoms. The van der Waals surface area contributed by atoms with Gasteiger partial charge in [-0.3, -0.25) is 9.59 Å². The molecule has 164 valence electrons. The minimum Gasteiger partial charge on any atom is -0.383 e. The minimum absolute atomic E-state index is 0.269. The van der Waals surface area contributed by atoms with Gasteiger partial charge in [-0.25, -0.2) is 9.69 Å². The van der Waals surface area contributed by atoms with Crippen LogP contribution < -0.4 is 10.2 Å². The number of urea groups is 1. The summed E-state index contributed by atoms with van der Waals surface area (Å²) in [7, 11) is 1.55. The van der Waals surface area contributed by atoms with Gasteiger partial charge < -0.3 is 19.9 Å². The third kappa shape index (κ3) is 2.76. The Kier molecular flexibility index (Phi) is 4.74. The summed E-state index contributed by atoms with van der Waals surface area (Å²) in [6, 6.07) is 14.2. The first-order chi connectivity index (χ1) is 15.5. The summed E-state index contributed by atoms with van der Waals surface area (Å²) in [4.78, 5) is 46.2. The lowest BCUT2D eigenvalue weighted by molar-refractivity contribution is -0.125. The number of H-pyrrole nitrogens is 1. The number of rotatable bonds is 5.